The number of carbonyl (C=O) groups excluding carboxylic acids is 1. The zero-order valence-corrected chi connectivity index (χ0v) is 18.7. The summed E-state index contributed by atoms with van der Waals surface area (Å²) in [4.78, 5) is 12.3. The van der Waals surface area contributed by atoms with Crippen molar-refractivity contribution in [3.63, 3.8) is 0 Å². The minimum atomic E-state index is -3.75. The van der Waals surface area contributed by atoms with Crippen molar-refractivity contribution in [1.29, 1.82) is 0 Å². The van der Waals surface area contributed by atoms with Crippen LogP contribution in [0.1, 0.15) is 29.2 Å². The molecule has 0 saturated heterocycles. The topological polar surface area (TPSA) is 110 Å². The highest BCUT2D eigenvalue weighted by atomic mass is 32.2. The first-order valence-corrected chi connectivity index (χ1v) is 11.9. The first kappa shape index (κ1) is 22.4. The molecular formula is C21H22N4O4S2. The van der Waals surface area contributed by atoms with Crippen LogP contribution in [-0.4, -0.2) is 31.0 Å². The number of nitrogens with zero attached hydrogens (tertiary/aromatic N) is 2. The number of allylic oxidation sites excluding steroid dienone is 1. The van der Waals surface area contributed by atoms with Crippen LogP contribution >= 0.6 is 11.3 Å². The molecule has 0 radical (unpaired) electrons. The number of anilines is 2. The van der Waals surface area contributed by atoms with Gasteiger partial charge in [0.05, 0.1) is 11.5 Å². The summed E-state index contributed by atoms with van der Waals surface area (Å²) < 4.78 is 32.7. The van der Waals surface area contributed by atoms with Crippen molar-refractivity contribution >= 4 is 38.0 Å². The van der Waals surface area contributed by atoms with Gasteiger partial charge in [-0.3, -0.25) is 9.52 Å². The molecule has 0 atom stereocenters. The molecule has 2 aromatic carbocycles. The van der Waals surface area contributed by atoms with E-state index >= 15 is 0 Å². The van der Waals surface area contributed by atoms with E-state index in [0.717, 1.165) is 5.01 Å². The van der Waals surface area contributed by atoms with Gasteiger partial charge in [0.15, 0.2) is 5.78 Å². The third-order valence-corrected chi connectivity index (χ3v) is 6.56. The van der Waals surface area contributed by atoms with Crippen LogP contribution in [0, 0.1) is 0 Å². The summed E-state index contributed by atoms with van der Waals surface area (Å²) in [6, 6.07) is 13.0. The first-order valence-electron chi connectivity index (χ1n) is 9.57. The standard InChI is InChI=1S/C21H22N4O4S2/c1-3-20-23-24-21(30-20)25-31(27,28)18-11-7-16(8-12-18)22-14-13-19(26)15-5-9-17(10-6-15)29-4-2/h5-14,22H,3-4H2,1-2H3,(H,24,25)/b14-13-. The van der Waals surface area contributed by atoms with Gasteiger partial charge < -0.3 is 10.1 Å². The van der Waals surface area contributed by atoms with Crippen LogP contribution in [-0.2, 0) is 16.4 Å². The third kappa shape index (κ3) is 6.12. The highest BCUT2D eigenvalue weighted by Crippen LogP contribution is 2.21. The van der Waals surface area contributed by atoms with Crippen molar-refractivity contribution in [2.75, 3.05) is 16.6 Å². The molecule has 8 nitrogen and oxygen atoms in total. The van der Waals surface area contributed by atoms with Crippen LogP contribution in [0.5, 0.6) is 5.75 Å². The van der Waals surface area contributed by atoms with Crippen molar-refractivity contribution in [2.45, 2.75) is 25.2 Å². The maximum absolute atomic E-state index is 12.5. The van der Waals surface area contributed by atoms with E-state index in [0.29, 0.717) is 30.0 Å². The van der Waals surface area contributed by atoms with Crippen molar-refractivity contribution in [3.8, 4) is 5.75 Å². The fourth-order valence-electron chi connectivity index (χ4n) is 2.53. The average Bonchev–Trinajstić information content (AvgIpc) is 3.21. The molecule has 0 saturated carbocycles. The number of aryl methyl sites for hydroxylation is 1. The Morgan fingerprint density at radius 2 is 1.77 bits per heavy atom. The fourth-order valence-corrected chi connectivity index (χ4v) is 4.44. The molecule has 3 rings (SSSR count). The Hall–Kier alpha value is -3.24. The highest BCUT2D eigenvalue weighted by molar-refractivity contribution is 7.93. The molecule has 0 aliphatic heterocycles. The Morgan fingerprint density at radius 3 is 2.39 bits per heavy atom. The van der Waals surface area contributed by atoms with E-state index < -0.39 is 10.0 Å². The predicted molar refractivity (Wildman–Crippen MR) is 121 cm³/mol. The molecule has 0 fully saturated rings. The lowest BCUT2D eigenvalue weighted by Gasteiger charge is -2.06. The number of ketones is 1. The van der Waals surface area contributed by atoms with Gasteiger partial charge in [-0.2, -0.15) is 0 Å². The van der Waals surface area contributed by atoms with Crippen LogP contribution in [0.3, 0.4) is 0 Å². The fraction of sp³-hybridized carbons (Fsp3) is 0.190. The smallest absolute Gasteiger partial charge is 0.263 e. The van der Waals surface area contributed by atoms with E-state index in [1.807, 2.05) is 13.8 Å². The molecule has 31 heavy (non-hydrogen) atoms. The number of benzene rings is 2. The molecule has 162 valence electrons. The second kappa shape index (κ2) is 10.2. The number of sulfonamides is 1. The van der Waals surface area contributed by atoms with Gasteiger partial charge in [0, 0.05) is 23.5 Å². The molecule has 0 aliphatic rings. The number of ether oxygens (including phenoxy) is 1. The Kier molecular flexibility index (Phi) is 7.37. The zero-order chi connectivity index (χ0) is 22.3. The molecule has 0 spiro atoms. The van der Waals surface area contributed by atoms with Crippen LogP contribution in [0.2, 0.25) is 0 Å². The number of hydrogen-bond donors (Lipinski definition) is 2. The first-order chi connectivity index (χ1) is 14.9. The van der Waals surface area contributed by atoms with E-state index in [4.69, 9.17) is 4.74 Å². The van der Waals surface area contributed by atoms with Crippen LogP contribution in [0.4, 0.5) is 10.8 Å². The number of hydrogen-bond acceptors (Lipinski definition) is 8. The van der Waals surface area contributed by atoms with E-state index in [1.54, 1.807) is 36.4 Å². The summed E-state index contributed by atoms with van der Waals surface area (Å²) in [6.45, 7) is 4.38. The molecular weight excluding hydrogens is 436 g/mol. The lowest BCUT2D eigenvalue weighted by Crippen LogP contribution is -2.12. The van der Waals surface area contributed by atoms with Gasteiger partial charge in [0.1, 0.15) is 10.8 Å². The summed E-state index contributed by atoms with van der Waals surface area (Å²) in [6.07, 6.45) is 3.60. The second-order valence-electron chi connectivity index (χ2n) is 6.28. The van der Waals surface area contributed by atoms with E-state index in [9.17, 15) is 13.2 Å². The van der Waals surface area contributed by atoms with E-state index in [2.05, 4.69) is 20.2 Å². The van der Waals surface area contributed by atoms with Gasteiger partial charge in [-0.1, -0.05) is 18.3 Å². The second-order valence-corrected chi connectivity index (χ2v) is 9.03. The summed E-state index contributed by atoms with van der Waals surface area (Å²) in [5.74, 6) is 0.546. The average molecular weight is 459 g/mol. The molecule has 1 heterocycles. The maximum atomic E-state index is 12.5. The molecule has 3 aromatic rings. The molecule has 0 unspecified atom stereocenters. The van der Waals surface area contributed by atoms with E-state index in [-0.39, 0.29) is 15.8 Å². The predicted octanol–water partition coefficient (Wildman–Crippen LogP) is 4.11. The highest BCUT2D eigenvalue weighted by Gasteiger charge is 2.16. The lowest BCUT2D eigenvalue weighted by molar-refractivity contribution is 0.104. The maximum Gasteiger partial charge on any atom is 0.263 e. The summed E-state index contributed by atoms with van der Waals surface area (Å²) >= 11 is 1.20. The molecule has 0 amide bonds. The Balaban J connectivity index is 1.58. The molecule has 0 aliphatic carbocycles. The minimum absolute atomic E-state index is 0.0979. The minimum Gasteiger partial charge on any atom is -0.494 e. The van der Waals surface area contributed by atoms with Crippen LogP contribution in [0.25, 0.3) is 0 Å². The Morgan fingerprint density at radius 1 is 1.06 bits per heavy atom. The zero-order valence-electron chi connectivity index (χ0n) is 17.0. The van der Waals surface area contributed by atoms with Crippen molar-refractivity contribution in [3.05, 3.63) is 71.4 Å². The summed E-state index contributed by atoms with van der Waals surface area (Å²) in [5, 5.41) is 11.7. The van der Waals surface area contributed by atoms with Crippen molar-refractivity contribution in [1.82, 2.24) is 10.2 Å². The SMILES string of the molecule is CCOc1ccc(C(=O)/C=C\Nc2ccc(S(=O)(=O)Nc3nnc(CC)s3)cc2)cc1. The van der Waals surface area contributed by atoms with Crippen LogP contribution < -0.4 is 14.8 Å². The molecule has 2 N–H and O–H groups in total. The van der Waals surface area contributed by atoms with Crippen LogP contribution in [0.15, 0.2) is 65.7 Å². The number of nitrogens with one attached hydrogen (secondary N) is 2. The van der Waals surface area contributed by atoms with Crippen molar-refractivity contribution < 1.29 is 17.9 Å². The van der Waals surface area contributed by atoms with Gasteiger partial charge in [0.2, 0.25) is 5.13 Å². The quantitative estimate of drug-likeness (QED) is 0.347. The van der Waals surface area contributed by atoms with Gasteiger partial charge in [0.25, 0.3) is 10.0 Å². The van der Waals surface area contributed by atoms with Gasteiger partial charge >= 0.3 is 0 Å². The number of carbonyl (C=O) groups is 1. The Bertz CT molecular complexity index is 1150. The molecule has 10 heteroatoms. The monoisotopic (exact) mass is 458 g/mol. The third-order valence-electron chi connectivity index (χ3n) is 4.09. The summed E-state index contributed by atoms with van der Waals surface area (Å²) in [5.41, 5.74) is 1.18. The van der Waals surface area contributed by atoms with E-state index in [1.165, 1.54) is 35.7 Å². The van der Waals surface area contributed by atoms with Crippen molar-refractivity contribution in [2.24, 2.45) is 0 Å². The largest absolute Gasteiger partial charge is 0.494 e. The summed E-state index contributed by atoms with van der Waals surface area (Å²) in [7, 11) is -3.75. The molecule has 1 aromatic heterocycles. The normalized spacial score (nSPS) is 11.4. The van der Waals surface area contributed by atoms with Gasteiger partial charge in [-0.05, 0) is 61.9 Å². The number of rotatable bonds is 10. The Labute approximate surface area is 185 Å². The van der Waals surface area contributed by atoms with Gasteiger partial charge in [-0.25, -0.2) is 8.42 Å². The number of aromatic nitrogens is 2. The molecule has 0 bridgehead atoms. The van der Waals surface area contributed by atoms with Gasteiger partial charge in [-0.15, -0.1) is 10.2 Å². The lowest BCUT2D eigenvalue weighted by atomic mass is 10.1.